The number of rotatable bonds is 5. The van der Waals surface area contributed by atoms with Crippen molar-refractivity contribution in [2.75, 3.05) is 0 Å². The van der Waals surface area contributed by atoms with E-state index < -0.39 is 0 Å². The first-order valence-electron chi connectivity index (χ1n) is 8.11. The number of hydrogen-bond donors (Lipinski definition) is 1. The van der Waals surface area contributed by atoms with Crippen molar-refractivity contribution in [3.05, 3.63) is 28.5 Å². The third-order valence-corrected chi connectivity index (χ3v) is 4.64. The van der Waals surface area contributed by atoms with Crippen LogP contribution < -0.4 is 5.32 Å². The molecule has 4 heteroatoms. The average Bonchev–Trinajstić information content (AvgIpc) is 2.52. The van der Waals surface area contributed by atoms with Crippen molar-refractivity contribution in [3.63, 3.8) is 0 Å². The Bertz CT molecular complexity index is 484. The molecule has 0 spiro atoms. The van der Waals surface area contributed by atoms with Crippen LogP contribution in [0.4, 0.5) is 0 Å². The summed E-state index contributed by atoms with van der Waals surface area (Å²) in [4.78, 5) is 16.7. The van der Waals surface area contributed by atoms with Gasteiger partial charge >= 0.3 is 0 Å². The Labute approximate surface area is 132 Å². The summed E-state index contributed by atoms with van der Waals surface area (Å²) < 4.78 is 0. The predicted octanol–water partition coefficient (Wildman–Crippen LogP) is 4.39. The van der Waals surface area contributed by atoms with Gasteiger partial charge in [0, 0.05) is 17.3 Å². The molecule has 3 nitrogen and oxygen atoms in total. The molecule has 1 aliphatic rings. The summed E-state index contributed by atoms with van der Waals surface area (Å²) >= 11 is 6.00. The molecule has 21 heavy (non-hydrogen) atoms. The second-order valence-corrected chi connectivity index (χ2v) is 6.30. The van der Waals surface area contributed by atoms with Gasteiger partial charge in [0.2, 0.25) is 0 Å². The topological polar surface area (TPSA) is 42.0 Å². The van der Waals surface area contributed by atoms with Gasteiger partial charge in [-0.1, -0.05) is 44.7 Å². The molecule has 1 amide bonds. The fourth-order valence-electron chi connectivity index (χ4n) is 3.20. The molecule has 1 saturated carbocycles. The largest absolute Gasteiger partial charge is 0.349 e. The molecule has 0 bridgehead atoms. The van der Waals surface area contributed by atoms with E-state index in [2.05, 4.69) is 17.2 Å². The highest BCUT2D eigenvalue weighted by Gasteiger charge is 2.24. The Morgan fingerprint density at radius 3 is 2.67 bits per heavy atom. The molecule has 1 aromatic rings. The van der Waals surface area contributed by atoms with E-state index in [1.807, 2.05) is 13.0 Å². The minimum atomic E-state index is -0.0218. The number of nitrogens with one attached hydrogen (secondary N) is 1. The molecule has 116 valence electrons. The van der Waals surface area contributed by atoms with Crippen LogP contribution in [-0.4, -0.2) is 16.9 Å². The summed E-state index contributed by atoms with van der Waals surface area (Å²) in [6, 6.07) is 3.77. The van der Waals surface area contributed by atoms with Crippen molar-refractivity contribution in [3.8, 4) is 0 Å². The highest BCUT2D eigenvalue weighted by atomic mass is 35.5. The normalized spacial score (nSPS) is 17.5. The van der Waals surface area contributed by atoms with E-state index in [0.717, 1.165) is 18.5 Å². The fourth-order valence-corrected chi connectivity index (χ4v) is 3.43. The van der Waals surface area contributed by atoms with Crippen LogP contribution in [0.5, 0.6) is 0 Å². The van der Waals surface area contributed by atoms with Gasteiger partial charge in [0.25, 0.3) is 5.91 Å². The molecule has 1 heterocycles. The highest BCUT2D eigenvalue weighted by Crippen LogP contribution is 2.28. The Hall–Kier alpha value is -1.09. The summed E-state index contributed by atoms with van der Waals surface area (Å²) in [5.74, 6) is 0.599. The van der Waals surface area contributed by atoms with Crippen LogP contribution >= 0.6 is 11.6 Å². The first kappa shape index (κ1) is 16.3. The predicted molar refractivity (Wildman–Crippen MR) is 86.7 cm³/mol. The summed E-state index contributed by atoms with van der Waals surface area (Å²) in [6.07, 6.45) is 8.14. The van der Waals surface area contributed by atoms with Crippen LogP contribution in [0, 0.1) is 5.92 Å². The van der Waals surface area contributed by atoms with Gasteiger partial charge in [-0.2, -0.15) is 0 Å². The average molecular weight is 309 g/mol. The summed E-state index contributed by atoms with van der Waals surface area (Å²) in [6.45, 7) is 4.16. The van der Waals surface area contributed by atoms with Gasteiger partial charge in [-0.25, -0.2) is 4.98 Å². The van der Waals surface area contributed by atoms with Gasteiger partial charge in [0.05, 0.1) is 0 Å². The molecular formula is C17H25ClN2O. The number of aryl methyl sites for hydroxylation is 1. The van der Waals surface area contributed by atoms with Crippen molar-refractivity contribution in [1.82, 2.24) is 10.3 Å². The Morgan fingerprint density at radius 1 is 1.33 bits per heavy atom. The summed E-state index contributed by atoms with van der Waals surface area (Å²) in [7, 11) is 0. The fraction of sp³-hybridized carbons (Fsp3) is 0.647. The standard InChI is InChI=1S/C17H25ClN2O/c1-3-14-10-13(11-16(18)19-14)17(21)20-15(4-2)12-8-6-5-7-9-12/h10-12,15H,3-9H2,1-2H3,(H,20,21). The van der Waals surface area contributed by atoms with Gasteiger partial charge < -0.3 is 5.32 Å². The maximum absolute atomic E-state index is 12.5. The quantitative estimate of drug-likeness (QED) is 0.820. The number of pyridine rings is 1. The SMILES string of the molecule is CCc1cc(C(=O)NC(CC)C2CCCCC2)cc(Cl)n1. The molecule has 1 atom stereocenters. The van der Waals surface area contributed by atoms with Crippen LogP contribution in [0.25, 0.3) is 0 Å². The van der Waals surface area contributed by atoms with Crippen molar-refractivity contribution in [2.24, 2.45) is 5.92 Å². The number of carbonyl (C=O) groups is 1. The smallest absolute Gasteiger partial charge is 0.251 e. The molecule has 1 aliphatic carbocycles. The van der Waals surface area contributed by atoms with Crippen molar-refractivity contribution in [1.29, 1.82) is 0 Å². The van der Waals surface area contributed by atoms with Gasteiger partial charge in [-0.05, 0) is 43.7 Å². The lowest BCUT2D eigenvalue weighted by molar-refractivity contribution is 0.0911. The van der Waals surface area contributed by atoms with E-state index in [-0.39, 0.29) is 11.9 Å². The minimum Gasteiger partial charge on any atom is -0.349 e. The zero-order chi connectivity index (χ0) is 15.2. The molecular weight excluding hydrogens is 284 g/mol. The molecule has 0 aliphatic heterocycles. The minimum absolute atomic E-state index is 0.0218. The van der Waals surface area contributed by atoms with E-state index in [9.17, 15) is 4.79 Å². The number of halogens is 1. The van der Waals surface area contributed by atoms with E-state index >= 15 is 0 Å². The highest BCUT2D eigenvalue weighted by molar-refractivity contribution is 6.29. The third-order valence-electron chi connectivity index (χ3n) is 4.45. The van der Waals surface area contributed by atoms with E-state index in [4.69, 9.17) is 11.6 Å². The Morgan fingerprint density at radius 2 is 2.05 bits per heavy atom. The first-order chi connectivity index (χ1) is 10.1. The van der Waals surface area contributed by atoms with Crippen LogP contribution in [0.2, 0.25) is 5.15 Å². The Balaban J connectivity index is 2.06. The van der Waals surface area contributed by atoms with Gasteiger partial charge in [-0.15, -0.1) is 0 Å². The van der Waals surface area contributed by atoms with Crippen LogP contribution in [0.3, 0.4) is 0 Å². The monoisotopic (exact) mass is 308 g/mol. The third kappa shape index (κ3) is 4.44. The lowest BCUT2D eigenvalue weighted by Gasteiger charge is -2.30. The van der Waals surface area contributed by atoms with E-state index in [1.54, 1.807) is 6.07 Å². The number of nitrogens with zero attached hydrogens (tertiary/aromatic N) is 1. The summed E-state index contributed by atoms with van der Waals surface area (Å²) in [5, 5.41) is 3.60. The lowest BCUT2D eigenvalue weighted by atomic mass is 9.83. The Kier molecular flexibility index (Phi) is 6.04. The molecule has 0 radical (unpaired) electrons. The molecule has 0 aromatic carbocycles. The first-order valence-corrected chi connectivity index (χ1v) is 8.49. The van der Waals surface area contributed by atoms with Crippen LogP contribution in [0.1, 0.15) is 68.4 Å². The van der Waals surface area contributed by atoms with Crippen molar-refractivity contribution < 1.29 is 4.79 Å². The van der Waals surface area contributed by atoms with Crippen molar-refractivity contribution >= 4 is 17.5 Å². The number of carbonyl (C=O) groups excluding carboxylic acids is 1. The van der Waals surface area contributed by atoms with Gasteiger partial charge in [0.15, 0.2) is 0 Å². The second-order valence-electron chi connectivity index (χ2n) is 5.91. The van der Waals surface area contributed by atoms with Crippen LogP contribution in [0.15, 0.2) is 12.1 Å². The zero-order valence-corrected chi connectivity index (χ0v) is 13.7. The van der Waals surface area contributed by atoms with E-state index in [1.165, 1.54) is 32.1 Å². The molecule has 1 aromatic heterocycles. The van der Waals surface area contributed by atoms with Crippen molar-refractivity contribution in [2.45, 2.75) is 64.8 Å². The molecule has 2 rings (SSSR count). The second kappa shape index (κ2) is 7.79. The van der Waals surface area contributed by atoms with Gasteiger partial charge in [0.1, 0.15) is 5.15 Å². The number of amides is 1. The van der Waals surface area contributed by atoms with Crippen LogP contribution in [-0.2, 0) is 6.42 Å². The number of aromatic nitrogens is 1. The maximum atomic E-state index is 12.5. The maximum Gasteiger partial charge on any atom is 0.251 e. The molecule has 1 unspecified atom stereocenters. The summed E-state index contributed by atoms with van der Waals surface area (Å²) in [5.41, 5.74) is 1.49. The lowest BCUT2D eigenvalue weighted by Crippen LogP contribution is -2.40. The van der Waals surface area contributed by atoms with Gasteiger partial charge in [-0.3, -0.25) is 4.79 Å². The van der Waals surface area contributed by atoms with E-state index in [0.29, 0.717) is 16.6 Å². The zero-order valence-electron chi connectivity index (χ0n) is 13.0. The molecule has 1 N–H and O–H groups in total. The molecule has 0 saturated heterocycles. The molecule has 1 fully saturated rings. The number of hydrogen-bond acceptors (Lipinski definition) is 2.